The van der Waals surface area contributed by atoms with Crippen molar-refractivity contribution in [3.63, 3.8) is 0 Å². The maximum Gasteiger partial charge on any atom is 0.508 e. The maximum atomic E-state index is 15.1. The Bertz CT molecular complexity index is 1340. The average Bonchev–Trinajstić information content (AvgIpc) is 3.70. The van der Waals surface area contributed by atoms with Gasteiger partial charge < -0.3 is 18.9 Å². The monoisotopic (exact) mass is 540 g/mol. The van der Waals surface area contributed by atoms with Crippen LogP contribution in [0.3, 0.4) is 0 Å². The second-order valence-corrected chi connectivity index (χ2v) is 8.58. The van der Waals surface area contributed by atoms with E-state index in [9.17, 15) is 9.59 Å². The summed E-state index contributed by atoms with van der Waals surface area (Å²) in [4.78, 5) is 35.1. The Morgan fingerprint density at radius 3 is 2.87 bits per heavy atom. The molecule has 39 heavy (non-hydrogen) atoms. The number of amides is 1. The fourth-order valence-corrected chi connectivity index (χ4v) is 4.00. The van der Waals surface area contributed by atoms with Crippen molar-refractivity contribution in [1.29, 1.82) is 0 Å². The van der Waals surface area contributed by atoms with E-state index in [-0.39, 0.29) is 26.4 Å². The Morgan fingerprint density at radius 2 is 2.13 bits per heavy atom. The minimum atomic E-state index is -0.818. The lowest BCUT2D eigenvalue weighted by Gasteiger charge is -2.14. The van der Waals surface area contributed by atoms with Crippen LogP contribution in [-0.4, -0.2) is 77.9 Å². The quantitative estimate of drug-likeness (QED) is 0.300. The summed E-state index contributed by atoms with van der Waals surface area (Å²) in [5.41, 5.74) is 5.14. The van der Waals surface area contributed by atoms with Gasteiger partial charge in [0.05, 0.1) is 43.0 Å². The van der Waals surface area contributed by atoms with Gasteiger partial charge in [-0.1, -0.05) is 11.3 Å². The molecule has 0 saturated carbocycles. The molecule has 1 saturated heterocycles. The molecule has 5 rings (SSSR count). The molecular formula is C25H25FN6O7. The van der Waals surface area contributed by atoms with E-state index < -0.39 is 30.3 Å². The van der Waals surface area contributed by atoms with Crippen molar-refractivity contribution < 1.29 is 37.8 Å². The van der Waals surface area contributed by atoms with Gasteiger partial charge in [-0.15, -0.1) is 5.10 Å². The number of nitrogens with one attached hydrogen (secondary N) is 1. The maximum absolute atomic E-state index is 15.1. The number of cyclic esters (lactones) is 1. The van der Waals surface area contributed by atoms with Crippen molar-refractivity contribution in [1.82, 2.24) is 25.5 Å². The molecule has 0 spiro atoms. The molecule has 2 aliphatic rings. The highest BCUT2D eigenvalue weighted by Gasteiger charge is 2.33. The molecule has 13 nitrogen and oxygen atoms in total. The van der Waals surface area contributed by atoms with Crippen molar-refractivity contribution in [2.75, 3.05) is 38.4 Å². The Morgan fingerprint density at radius 1 is 1.23 bits per heavy atom. The number of hydrogen-bond donors (Lipinski definition) is 1. The van der Waals surface area contributed by atoms with E-state index in [2.05, 4.69) is 20.8 Å². The van der Waals surface area contributed by atoms with E-state index in [0.29, 0.717) is 34.8 Å². The summed E-state index contributed by atoms with van der Waals surface area (Å²) in [6.07, 6.45) is 4.13. The van der Waals surface area contributed by atoms with Crippen LogP contribution in [0, 0.1) is 5.82 Å². The predicted molar refractivity (Wildman–Crippen MR) is 132 cm³/mol. The third-order valence-electron chi connectivity index (χ3n) is 5.90. The lowest BCUT2D eigenvalue weighted by molar-refractivity contribution is -0.0155. The topological polar surface area (TPSA) is 139 Å². The van der Waals surface area contributed by atoms with E-state index in [1.807, 2.05) is 0 Å². The van der Waals surface area contributed by atoms with Crippen LogP contribution in [0.15, 0.2) is 55.0 Å². The Kier molecular flexibility index (Phi) is 7.94. The van der Waals surface area contributed by atoms with Gasteiger partial charge in [-0.05, 0) is 30.3 Å². The Hall–Kier alpha value is -4.56. The first-order valence-electron chi connectivity index (χ1n) is 12.0. The van der Waals surface area contributed by atoms with Gasteiger partial charge in [0.15, 0.2) is 0 Å². The first kappa shape index (κ1) is 26.1. The normalized spacial score (nSPS) is 18.5. The number of halogens is 1. The summed E-state index contributed by atoms with van der Waals surface area (Å²) in [5.74, 6) is -0.509. The molecule has 1 aromatic carbocycles. The largest absolute Gasteiger partial charge is 0.508 e. The van der Waals surface area contributed by atoms with Crippen LogP contribution in [0.1, 0.15) is 5.69 Å². The van der Waals surface area contributed by atoms with Crippen LogP contribution in [0.25, 0.3) is 16.8 Å². The predicted octanol–water partition coefficient (Wildman–Crippen LogP) is 2.55. The van der Waals surface area contributed by atoms with E-state index >= 15 is 4.39 Å². The zero-order chi connectivity index (χ0) is 27.2. The summed E-state index contributed by atoms with van der Waals surface area (Å²) in [7, 11) is 1.50. The molecule has 0 unspecified atom stereocenters. The number of hydroxylamine groups is 1. The number of nitrogens with zero attached hydrogens (tertiary/aromatic N) is 5. The van der Waals surface area contributed by atoms with Crippen LogP contribution in [-0.2, 0) is 30.3 Å². The number of ether oxygens (including phenoxy) is 4. The number of anilines is 1. The molecule has 1 N–H and O–H groups in total. The molecule has 1 amide bonds. The molecule has 4 heterocycles. The number of carbonyl (C=O) groups excluding carboxylic acids is 2. The van der Waals surface area contributed by atoms with Gasteiger partial charge in [0, 0.05) is 30.6 Å². The first-order chi connectivity index (χ1) is 19.0. The third-order valence-corrected chi connectivity index (χ3v) is 5.90. The summed E-state index contributed by atoms with van der Waals surface area (Å²) >= 11 is 0. The van der Waals surface area contributed by atoms with Gasteiger partial charge in [0.1, 0.15) is 31.2 Å². The Balaban J connectivity index is 1.19. The fourth-order valence-electron chi connectivity index (χ4n) is 4.00. The van der Waals surface area contributed by atoms with Crippen molar-refractivity contribution in [2.45, 2.75) is 18.8 Å². The number of carbonyl (C=O) groups is 2. The number of rotatable bonds is 10. The lowest BCUT2D eigenvalue weighted by atomic mass is 10.1. The average molecular weight is 541 g/mol. The molecular weight excluding hydrogens is 515 g/mol. The minimum absolute atomic E-state index is 0.0519. The van der Waals surface area contributed by atoms with Crippen molar-refractivity contribution in [3.8, 4) is 11.1 Å². The molecule has 0 aliphatic carbocycles. The highest BCUT2D eigenvalue weighted by atomic mass is 19.1. The highest BCUT2D eigenvalue weighted by Crippen LogP contribution is 2.30. The van der Waals surface area contributed by atoms with Crippen LogP contribution >= 0.6 is 0 Å². The lowest BCUT2D eigenvalue weighted by Crippen LogP contribution is -2.26. The molecule has 1 fully saturated rings. The smallest absolute Gasteiger partial charge is 0.442 e. The van der Waals surface area contributed by atoms with E-state index in [4.69, 9.17) is 23.8 Å². The Labute approximate surface area is 222 Å². The van der Waals surface area contributed by atoms with Crippen molar-refractivity contribution >= 4 is 23.6 Å². The second-order valence-electron chi connectivity index (χ2n) is 8.58. The molecule has 14 heteroatoms. The van der Waals surface area contributed by atoms with Gasteiger partial charge in [0.25, 0.3) is 0 Å². The summed E-state index contributed by atoms with van der Waals surface area (Å²) in [5, 5.41) is 7.61. The molecule has 0 radical (unpaired) electrons. The van der Waals surface area contributed by atoms with E-state index in [0.717, 1.165) is 0 Å². The fraction of sp³-hybridized carbons (Fsp3) is 0.320. The summed E-state index contributed by atoms with van der Waals surface area (Å²) in [6.45, 7) is 0.931. The zero-order valence-electron chi connectivity index (χ0n) is 20.9. The second kappa shape index (κ2) is 11.9. The van der Waals surface area contributed by atoms with Gasteiger partial charge in [0.2, 0.25) is 0 Å². The summed E-state index contributed by atoms with van der Waals surface area (Å²) < 4.78 is 36.7. The number of pyridine rings is 1. The minimum Gasteiger partial charge on any atom is -0.442 e. The molecule has 0 bridgehead atoms. The first-order valence-corrected chi connectivity index (χ1v) is 12.0. The molecule has 2 atom stereocenters. The van der Waals surface area contributed by atoms with Crippen LogP contribution in [0.4, 0.5) is 19.7 Å². The standard InChI is InChI=1S/C25H25FN6O7/c1-35-8-9-36-25(34)37-15-18-11-23(29-39-18)22-5-2-16(12-27-22)20-4-3-17(10-21(20)26)32-14-19(38-24(32)33)13-31-7-6-28-30-31/h2-7,10-12,18-19,29H,8-9,13-15H2,1H3/t18-,19-/m0/s1. The number of benzene rings is 1. The zero-order valence-corrected chi connectivity index (χ0v) is 20.9. The van der Waals surface area contributed by atoms with Gasteiger partial charge in [-0.25, -0.2) is 18.7 Å². The van der Waals surface area contributed by atoms with Gasteiger partial charge >= 0.3 is 12.2 Å². The van der Waals surface area contributed by atoms with Crippen LogP contribution in [0.2, 0.25) is 0 Å². The highest BCUT2D eigenvalue weighted by molar-refractivity contribution is 5.90. The third kappa shape index (κ3) is 6.30. The summed E-state index contributed by atoms with van der Waals surface area (Å²) in [6, 6.07) is 7.97. The van der Waals surface area contributed by atoms with Crippen molar-refractivity contribution in [3.05, 3.63) is 66.5 Å². The van der Waals surface area contributed by atoms with Crippen LogP contribution < -0.4 is 10.4 Å². The number of aromatic nitrogens is 4. The molecule has 2 aromatic heterocycles. The number of methoxy groups -OCH3 is 1. The van der Waals surface area contributed by atoms with Crippen molar-refractivity contribution in [2.24, 2.45) is 0 Å². The molecule has 3 aromatic rings. The van der Waals surface area contributed by atoms with E-state index in [1.165, 1.54) is 30.5 Å². The number of hydrogen-bond acceptors (Lipinski definition) is 11. The van der Waals surface area contributed by atoms with E-state index in [1.54, 1.807) is 41.2 Å². The molecule has 204 valence electrons. The molecule has 2 aliphatic heterocycles. The van der Waals surface area contributed by atoms with Crippen LogP contribution in [0.5, 0.6) is 0 Å². The van der Waals surface area contributed by atoms with Gasteiger partial charge in [-0.2, -0.15) is 0 Å². The van der Waals surface area contributed by atoms with Gasteiger partial charge in [-0.3, -0.25) is 20.2 Å². The SMILES string of the molecule is COCCOC(=O)OC[C@@H]1C=C(c2ccc(-c3ccc(N4C[C@H](Cn5ccnn5)OC4=O)cc3F)cn2)NO1.